The van der Waals surface area contributed by atoms with Crippen LogP contribution in [0.5, 0.6) is 0 Å². The Kier molecular flexibility index (Phi) is 5.19. The highest BCUT2D eigenvalue weighted by atomic mass is 35.5. The van der Waals surface area contributed by atoms with Crippen molar-refractivity contribution in [3.63, 3.8) is 0 Å². The van der Waals surface area contributed by atoms with Gasteiger partial charge < -0.3 is 0 Å². The molecule has 4 rings (SSSR count). The number of pyridine rings is 1. The summed E-state index contributed by atoms with van der Waals surface area (Å²) in [6, 6.07) is 25.5. The van der Waals surface area contributed by atoms with Gasteiger partial charge in [0.05, 0.1) is 25.3 Å². The van der Waals surface area contributed by atoms with Crippen molar-refractivity contribution in [2.75, 3.05) is 31.1 Å². The van der Waals surface area contributed by atoms with Crippen LogP contribution in [0, 0.1) is 0 Å². The van der Waals surface area contributed by atoms with E-state index in [2.05, 4.69) is 69.4 Å². The van der Waals surface area contributed by atoms with E-state index in [-0.39, 0.29) is 6.04 Å². The van der Waals surface area contributed by atoms with Crippen LogP contribution in [0.15, 0.2) is 79.0 Å². The van der Waals surface area contributed by atoms with Crippen molar-refractivity contribution in [1.29, 1.82) is 0 Å². The first-order valence-electron chi connectivity index (χ1n) is 9.07. The van der Waals surface area contributed by atoms with Crippen LogP contribution in [0.1, 0.15) is 17.2 Å². The van der Waals surface area contributed by atoms with Gasteiger partial charge in [0, 0.05) is 24.2 Å². The lowest BCUT2D eigenvalue weighted by Crippen LogP contribution is -2.49. The zero-order chi connectivity index (χ0) is 17.8. The summed E-state index contributed by atoms with van der Waals surface area (Å²) in [4.78, 5) is 8.33. The number of H-pyrrole nitrogens is 1. The summed E-state index contributed by atoms with van der Waals surface area (Å²) in [6.45, 7) is 4.06. The molecular weight excluding hydrogens is 342 g/mol. The number of nitrogens with zero attached hydrogens (tertiary/aromatic N) is 2. The lowest BCUT2D eigenvalue weighted by atomic mass is 9.96. The maximum atomic E-state index is 6.11. The van der Waals surface area contributed by atoms with Crippen LogP contribution in [-0.4, -0.2) is 31.1 Å². The molecule has 26 heavy (non-hydrogen) atoms. The molecule has 2 heterocycles. The van der Waals surface area contributed by atoms with Gasteiger partial charge in [-0.05, 0) is 29.3 Å². The van der Waals surface area contributed by atoms with E-state index in [0.29, 0.717) is 0 Å². The van der Waals surface area contributed by atoms with E-state index in [4.69, 9.17) is 11.6 Å². The second-order valence-electron chi connectivity index (χ2n) is 6.64. The maximum Gasteiger partial charge on any atom is 0.274 e. The highest BCUT2D eigenvalue weighted by molar-refractivity contribution is 6.30. The van der Waals surface area contributed by atoms with Gasteiger partial charge in [-0.25, -0.2) is 4.98 Å². The first-order chi connectivity index (χ1) is 12.8. The molecule has 1 aromatic heterocycles. The number of hydrogen-bond acceptors (Lipinski definition) is 2. The summed E-state index contributed by atoms with van der Waals surface area (Å²) in [7, 11) is 0. The minimum absolute atomic E-state index is 0.260. The predicted molar refractivity (Wildman–Crippen MR) is 107 cm³/mol. The fourth-order valence-electron chi connectivity index (χ4n) is 3.70. The lowest BCUT2D eigenvalue weighted by molar-refractivity contribution is -0.364. The van der Waals surface area contributed by atoms with Crippen LogP contribution in [0.4, 0.5) is 5.82 Å². The molecule has 3 nitrogen and oxygen atoms in total. The average molecular weight is 365 g/mol. The Morgan fingerprint density at radius 1 is 0.731 bits per heavy atom. The van der Waals surface area contributed by atoms with Gasteiger partial charge in [-0.15, -0.1) is 0 Å². The van der Waals surface area contributed by atoms with Crippen molar-refractivity contribution in [2.45, 2.75) is 6.04 Å². The van der Waals surface area contributed by atoms with Gasteiger partial charge in [0.15, 0.2) is 0 Å². The topological polar surface area (TPSA) is 20.6 Å². The van der Waals surface area contributed by atoms with Gasteiger partial charge in [0.2, 0.25) is 0 Å². The fraction of sp³-hybridized carbons (Fsp3) is 0.227. The SMILES string of the molecule is Clc1ccc([C@H](c2ccccc2)N2CCN(c3cccc[nH+]3)CC2)cc1. The molecule has 1 aliphatic heterocycles. The van der Waals surface area contributed by atoms with Gasteiger partial charge in [-0.3, -0.25) is 9.80 Å². The number of rotatable bonds is 4. The first kappa shape index (κ1) is 17.1. The second kappa shape index (κ2) is 7.90. The summed E-state index contributed by atoms with van der Waals surface area (Å²) < 4.78 is 0. The molecule has 0 aliphatic carbocycles. The van der Waals surface area contributed by atoms with Gasteiger partial charge in [0.25, 0.3) is 5.82 Å². The Labute approximate surface area is 159 Å². The van der Waals surface area contributed by atoms with Crippen LogP contribution in [0.3, 0.4) is 0 Å². The number of nitrogens with one attached hydrogen (secondary N) is 1. The quantitative estimate of drug-likeness (QED) is 0.695. The summed E-state index contributed by atoms with van der Waals surface area (Å²) in [5.41, 5.74) is 2.62. The maximum absolute atomic E-state index is 6.11. The fourth-order valence-corrected chi connectivity index (χ4v) is 3.82. The number of halogens is 1. The Bertz CT molecular complexity index is 813. The molecule has 1 fully saturated rings. The molecule has 1 atom stereocenters. The van der Waals surface area contributed by atoms with E-state index in [9.17, 15) is 0 Å². The number of piperazine rings is 1. The molecule has 0 unspecified atom stereocenters. The molecule has 0 bridgehead atoms. The van der Waals surface area contributed by atoms with E-state index in [1.165, 1.54) is 16.9 Å². The summed E-state index contributed by atoms with van der Waals surface area (Å²) in [5.74, 6) is 1.19. The van der Waals surface area contributed by atoms with E-state index >= 15 is 0 Å². The van der Waals surface area contributed by atoms with E-state index in [1.807, 2.05) is 24.4 Å². The van der Waals surface area contributed by atoms with Crippen molar-refractivity contribution in [3.8, 4) is 0 Å². The monoisotopic (exact) mass is 364 g/mol. The molecule has 1 N–H and O–H groups in total. The van der Waals surface area contributed by atoms with Crippen molar-refractivity contribution < 1.29 is 4.98 Å². The molecule has 2 aromatic carbocycles. The Morgan fingerprint density at radius 2 is 1.38 bits per heavy atom. The van der Waals surface area contributed by atoms with Crippen LogP contribution in [0.25, 0.3) is 0 Å². The minimum Gasteiger partial charge on any atom is -0.285 e. The van der Waals surface area contributed by atoms with Crippen molar-refractivity contribution in [3.05, 3.63) is 95.1 Å². The molecule has 0 saturated carbocycles. The predicted octanol–water partition coefficient (Wildman–Crippen LogP) is 4.07. The number of hydrogen-bond donors (Lipinski definition) is 0. The third-order valence-corrected chi connectivity index (χ3v) is 5.27. The average Bonchev–Trinajstić information content (AvgIpc) is 2.72. The van der Waals surface area contributed by atoms with E-state index in [1.54, 1.807) is 0 Å². The number of anilines is 1. The van der Waals surface area contributed by atoms with Crippen molar-refractivity contribution in [2.24, 2.45) is 0 Å². The molecule has 0 spiro atoms. The Morgan fingerprint density at radius 3 is 2.04 bits per heavy atom. The molecule has 0 amide bonds. The smallest absolute Gasteiger partial charge is 0.274 e. The summed E-state index contributed by atoms with van der Waals surface area (Å²) in [5, 5.41) is 0.782. The Hall–Kier alpha value is -2.36. The number of aromatic nitrogens is 1. The van der Waals surface area contributed by atoms with Crippen molar-refractivity contribution in [1.82, 2.24) is 4.90 Å². The normalized spacial score (nSPS) is 16.4. The minimum atomic E-state index is 0.260. The second-order valence-corrected chi connectivity index (χ2v) is 7.07. The summed E-state index contributed by atoms with van der Waals surface area (Å²) in [6.07, 6.45) is 1.99. The zero-order valence-corrected chi connectivity index (χ0v) is 15.4. The third-order valence-electron chi connectivity index (χ3n) is 5.01. The van der Waals surface area contributed by atoms with Gasteiger partial charge >= 0.3 is 0 Å². The highest BCUT2D eigenvalue weighted by Crippen LogP contribution is 2.30. The number of aromatic amines is 1. The first-order valence-corrected chi connectivity index (χ1v) is 9.45. The zero-order valence-electron chi connectivity index (χ0n) is 14.7. The van der Waals surface area contributed by atoms with E-state index < -0.39 is 0 Å². The van der Waals surface area contributed by atoms with Crippen LogP contribution in [-0.2, 0) is 0 Å². The van der Waals surface area contributed by atoms with Crippen LogP contribution < -0.4 is 9.88 Å². The molecule has 0 radical (unpaired) electrons. The molecule has 1 saturated heterocycles. The Balaban J connectivity index is 1.56. The standard InChI is InChI=1S/C22H22ClN3/c23-20-11-9-19(10-12-20)22(18-6-2-1-3-7-18)26-16-14-25(15-17-26)21-8-4-5-13-24-21/h1-13,22H,14-17H2/p+1/t22-/m0/s1. The van der Waals surface area contributed by atoms with Gasteiger partial charge in [-0.1, -0.05) is 60.1 Å². The molecule has 132 valence electrons. The van der Waals surface area contributed by atoms with Crippen LogP contribution >= 0.6 is 11.6 Å². The van der Waals surface area contributed by atoms with E-state index in [0.717, 1.165) is 31.2 Å². The van der Waals surface area contributed by atoms with Crippen LogP contribution in [0.2, 0.25) is 5.02 Å². The lowest BCUT2D eigenvalue weighted by Gasteiger charge is -2.37. The molecule has 3 aromatic rings. The molecular formula is C22H23ClN3+. The largest absolute Gasteiger partial charge is 0.285 e. The molecule has 4 heteroatoms. The summed E-state index contributed by atoms with van der Waals surface area (Å²) >= 11 is 6.11. The van der Waals surface area contributed by atoms with Gasteiger partial charge in [-0.2, -0.15) is 0 Å². The highest BCUT2D eigenvalue weighted by Gasteiger charge is 2.29. The number of benzene rings is 2. The third kappa shape index (κ3) is 3.74. The van der Waals surface area contributed by atoms with Gasteiger partial charge in [0.1, 0.15) is 0 Å². The van der Waals surface area contributed by atoms with Crippen molar-refractivity contribution >= 4 is 17.4 Å². The molecule has 1 aliphatic rings.